The van der Waals surface area contributed by atoms with Gasteiger partial charge in [-0.15, -0.1) is 0 Å². The van der Waals surface area contributed by atoms with Crippen LogP contribution >= 0.6 is 0 Å². The smallest absolute Gasteiger partial charge is 0.385 e. The number of carbonyl (C=O) groups is 1. The standard InChI is InChI=1S/C28H34F4N2O3/c1-19(2)27(25(35)33-17-20-4-3-5-22(16-20)28(30,31)32)11-10-24(18-37-27)34-14-12-26(36,13-15-34)21-6-8-23(29)9-7-21/h3-9,16,19,24,36H,10-15,17-18H2,1-2H3,(H,33,35). The molecule has 2 aliphatic heterocycles. The van der Waals surface area contributed by atoms with Crippen LogP contribution < -0.4 is 5.32 Å². The number of benzene rings is 2. The Kier molecular flexibility index (Phi) is 7.97. The molecule has 0 aromatic heterocycles. The second kappa shape index (κ2) is 10.7. The van der Waals surface area contributed by atoms with Crippen molar-refractivity contribution in [2.75, 3.05) is 19.7 Å². The molecule has 202 valence electrons. The number of hydrogen-bond donors (Lipinski definition) is 2. The maximum absolute atomic E-state index is 13.3. The molecule has 2 aromatic rings. The quantitative estimate of drug-likeness (QED) is 0.524. The second-order valence-corrected chi connectivity index (χ2v) is 10.5. The van der Waals surface area contributed by atoms with Crippen LogP contribution in [0.4, 0.5) is 17.6 Å². The van der Waals surface area contributed by atoms with Crippen LogP contribution in [0.5, 0.6) is 0 Å². The zero-order valence-corrected chi connectivity index (χ0v) is 21.2. The van der Waals surface area contributed by atoms with Gasteiger partial charge in [-0.25, -0.2) is 4.39 Å². The average Bonchev–Trinajstić information content (AvgIpc) is 2.87. The number of nitrogens with one attached hydrogen (secondary N) is 1. The highest BCUT2D eigenvalue weighted by molar-refractivity contribution is 5.85. The van der Waals surface area contributed by atoms with Crippen LogP contribution in [-0.2, 0) is 27.9 Å². The molecule has 2 saturated heterocycles. The van der Waals surface area contributed by atoms with Gasteiger partial charge in [0.05, 0.1) is 17.8 Å². The van der Waals surface area contributed by atoms with Crippen LogP contribution in [0.1, 0.15) is 56.2 Å². The topological polar surface area (TPSA) is 61.8 Å². The second-order valence-electron chi connectivity index (χ2n) is 10.5. The summed E-state index contributed by atoms with van der Waals surface area (Å²) in [5, 5.41) is 13.9. The summed E-state index contributed by atoms with van der Waals surface area (Å²) >= 11 is 0. The third-order valence-electron chi connectivity index (χ3n) is 7.93. The van der Waals surface area contributed by atoms with Gasteiger partial charge in [0.15, 0.2) is 0 Å². The van der Waals surface area contributed by atoms with Crippen molar-refractivity contribution in [3.63, 3.8) is 0 Å². The van der Waals surface area contributed by atoms with E-state index in [1.807, 2.05) is 13.8 Å². The zero-order valence-electron chi connectivity index (χ0n) is 21.2. The fourth-order valence-corrected chi connectivity index (χ4v) is 5.46. The highest BCUT2D eigenvalue weighted by Gasteiger charge is 2.47. The SMILES string of the molecule is CC(C)C1(C(=O)NCc2cccc(C(F)(F)F)c2)CCC(N2CCC(O)(c3ccc(F)cc3)CC2)CO1. The maximum atomic E-state index is 13.3. The van der Waals surface area contributed by atoms with Gasteiger partial charge in [-0.05, 0) is 67.0 Å². The molecule has 0 radical (unpaired) electrons. The van der Waals surface area contributed by atoms with Crippen LogP contribution in [0.3, 0.4) is 0 Å². The summed E-state index contributed by atoms with van der Waals surface area (Å²) in [4.78, 5) is 15.5. The molecule has 4 rings (SSSR count). The van der Waals surface area contributed by atoms with Gasteiger partial charge < -0.3 is 15.2 Å². The molecule has 2 aliphatic rings. The lowest BCUT2D eigenvalue weighted by Gasteiger charge is -2.47. The number of alkyl halides is 3. The van der Waals surface area contributed by atoms with Crippen molar-refractivity contribution in [1.29, 1.82) is 0 Å². The molecule has 2 N–H and O–H groups in total. The van der Waals surface area contributed by atoms with Crippen LogP contribution in [0.15, 0.2) is 48.5 Å². The molecular formula is C28H34F4N2O3. The van der Waals surface area contributed by atoms with Crippen molar-refractivity contribution in [2.24, 2.45) is 5.92 Å². The summed E-state index contributed by atoms with van der Waals surface area (Å²) in [6, 6.07) is 11.0. The van der Waals surface area contributed by atoms with Crippen molar-refractivity contribution >= 4 is 5.91 Å². The average molecular weight is 523 g/mol. The van der Waals surface area contributed by atoms with Crippen molar-refractivity contribution in [2.45, 2.75) is 69.5 Å². The molecule has 2 aromatic carbocycles. The largest absolute Gasteiger partial charge is 0.416 e. The Morgan fingerprint density at radius 3 is 2.38 bits per heavy atom. The Morgan fingerprint density at radius 2 is 1.81 bits per heavy atom. The van der Waals surface area contributed by atoms with Crippen LogP contribution in [-0.4, -0.2) is 47.3 Å². The van der Waals surface area contributed by atoms with Crippen LogP contribution in [0, 0.1) is 11.7 Å². The molecule has 5 nitrogen and oxygen atoms in total. The van der Waals surface area contributed by atoms with Crippen molar-refractivity contribution in [3.05, 3.63) is 71.0 Å². The van der Waals surface area contributed by atoms with Gasteiger partial charge in [0.1, 0.15) is 11.4 Å². The number of halogens is 4. The molecule has 0 bridgehead atoms. The van der Waals surface area contributed by atoms with Gasteiger partial charge in [0.25, 0.3) is 5.91 Å². The van der Waals surface area contributed by atoms with Crippen molar-refractivity contribution in [1.82, 2.24) is 10.2 Å². The predicted molar refractivity (Wildman–Crippen MR) is 131 cm³/mol. The number of aliphatic hydroxyl groups is 1. The van der Waals surface area contributed by atoms with Crippen LogP contribution in [0.25, 0.3) is 0 Å². The lowest BCUT2D eigenvalue weighted by atomic mass is 9.80. The first-order valence-corrected chi connectivity index (χ1v) is 12.7. The molecule has 2 fully saturated rings. The summed E-state index contributed by atoms with van der Waals surface area (Å²) in [7, 11) is 0. The van der Waals surface area contributed by atoms with Gasteiger partial charge in [-0.3, -0.25) is 9.69 Å². The van der Waals surface area contributed by atoms with E-state index in [0.29, 0.717) is 50.1 Å². The lowest BCUT2D eigenvalue weighted by Crippen LogP contribution is -2.59. The van der Waals surface area contributed by atoms with Crippen molar-refractivity contribution < 1.29 is 32.2 Å². The fourth-order valence-electron chi connectivity index (χ4n) is 5.46. The molecular weight excluding hydrogens is 488 g/mol. The molecule has 37 heavy (non-hydrogen) atoms. The molecule has 9 heteroatoms. The summed E-state index contributed by atoms with van der Waals surface area (Å²) in [5.41, 5.74) is -1.71. The summed E-state index contributed by atoms with van der Waals surface area (Å²) in [6.45, 7) is 5.46. The van der Waals surface area contributed by atoms with E-state index in [0.717, 1.165) is 18.6 Å². The van der Waals surface area contributed by atoms with E-state index < -0.39 is 22.9 Å². The molecule has 0 aliphatic carbocycles. The predicted octanol–water partition coefficient (Wildman–Crippen LogP) is 5.02. The Morgan fingerprint density at radius 1 is 1.14 bits per heavy atom. The van der Waals surface area contributed by atoms with E-state index in [-0.39, 0.29) is 30.2 Å². The Labute approximate surface area is 214 Å². The Balaban J connectivity index is 1.34. The summed E-state index contributed by atoms with van der Waals surface area (Å²) in [5.74, 6) is -0.779. The van der Waals surface area contributed by atoms with Crippen molar-refractivity contribution in [3.8, 4) is 0 Å². The highest BCUT2D eigenvalue weighted by atomic mass is 19.4. The number of ether oxygens (including phenoxy) is 1. The highest BCUT2D eigenvalue weighted by Crippen LogP contribution is 2.38. The summed E-state index contributed by atoms with van der Waals surface area (Å²) in [6.07, 6.45) is -2.19. The number of amides is 1. The first kappa shape index (κ1) is 27.5. The molecule has 2 atom stereocenters. The minimum atomic E-state index is -4.44. The third-order valence-corrected chi connectivity index (χ3v) is 7.93. The molecule has 2 unspecified atom stereocenters. The van der Waals surface area contributed by atoms with E-state index in [4.69, 9.17) is 4.74 Å². The number of nitrogens with zero attached hydrogens (tertiary/aromatic N) is 1. The molecule has 1 amide bonds. The first-order valence-electron chi connectivity index (χ1n) is 12.7. The fraction of sp³-hybridized carbons (Fsp3) is 0.536. The Bertz CT molecular complexity index is 1070. The minimum absolute atomic E-state index is 0.0158. The van der Waals surface area contributed by atoms with E-state index in [9.17, 15) is 27.5 Å². The number of rotatable bonds is 6. The number of likely N-dealkylation sites (tertiary alicyclic amines) is 1. The van der Waals surface area contributed by atoms with E-state index in [1.54, 1.807) is 18.2 Å². The van der Waals surface area contributed by atoms with Gasteiger partial charge in [0.2, 0.25) is 0 Å². The first-order chi connectivity index (χ1) is 17.4. The zero-order chi connectivity index (χ0) is 26.8. The van der Waals surface area contributed by atoms with Gasteiger partial charge >= 0.3 is 6.18 Å². The minimum Gasteiger partial charge on any atom is -0.385 e. The number of piperidine rings is 1. The molecule has 0 saturated carbocycles. The van der Waals surface area contributed by atoms with Crippen LogP contribution in [0.2, 0.25) is 0 Å². The molecule has 0 spiro atoms. The van der Waals surface area contributed by atoms with Gasteiger partial charge in [-0.2, -0.15) is 13.2 Å². The number of hydrogen-bond acceptors (Lipinski definition) is 4. The lowest BCUT2D eigenvalue weighted by molar-refractivity contribution is -0.172. The van der Waals surface area contributed by atoms with Gasteiger partial charge in [0, 0.05) is 25.7 Å². The number of carbonyl (C=O) groups excluding carboxylic acids is 1. The van der Waals surface area contributed by atoms with Gasteiger partial charge in [-0.1, -0.05) is 38.1 Å². The third kappa shape index (κ3) is 5.99. The maximum Gasteiger partial charge on any atom is 0.416 e. The monoisotopic (exact) mass is 522 g/mol. The normalized spacial score (nSPS) is 24.7. The summed E-state index contributed by atoms with van der Waals surface area (Å²) < 4.78 is 58.6. The molecule has 2 heterocycles. The van der Waals surface area contributed by atoms with E-state index >= 15 is 0 Å². The Hall–Kier alpha value is -2.49. The van der Waals surface area contributed by atoms with E-state index in [2.05, 4.69) is 10.2 Å². The van der Waals surface area contributed by atoms with E-state index in [1.165, 1.54) is 18.2 Å².